The molecule has 1 rings (SSSR count). The zero-order chi connectivity index (χ0) is 9.14. The molecule has 1 heterocycles. The van der Waals surface area contributed by atoms with Crippen LogP contribution in [0, 0.1) is 5.92 Å². The van der Waals surface area contributed by atoms with E-state index in [-0.39, 0.29) is 6.42 Å². The number of hydrogen-bond acceptors (Lipinski definition) is 4. The van der Waals surface area contributed by atoms with E-state index in [4.69, 9.17) is 10.2 Å². The third kappa shape index (κ3) is 1.58. The molecule has 1 aliphatic heterocycles. The minimum absolute atomic E-state index is 0.246. The number of carboxylic acids is 2. The van der Waals surface area contributed by atoms with Gasteiger partial charge in [-0.15, -0.1) is 0 Å². The van der Waals surface area contributed by atoms with Crippen LogP contribution in [-0.2, 0) is 9.59 Å². The summed E-state index contributed by atoms with van der Waals surface area (Å²) in [6.07, 6.45) is 0.246. The molecule has 0 aromatic rings. The largest absolute Gasteiger partial charge is 0.481 e. The maximum Gasteiger partial charge on any atom is 0.331 e. The zero-order valence-electron chi connectivity index (χ0n) is 6.17. The topological polar surface area (TPSA) is 99.3 Å². The fourth-order valence-electron chi connectivity index (χ4n) is 1.06. The molecule has 0 aromatic heterocycles. The van der Waals surface area contributed by atoms with E-state index in [1.54, 1.807) is 0 Å². The Bertz CT molecular complexity index is 238. The Morgan fingerprint density at radius 2 is 1.92 bits per heavy atom. The first-order valence-electron chi connectivity index (χ1n) is 3.45. The van der Waals surface area contributed by atoms with Gasteiger partial charge in [-0.25, -0.2) is 4.79 Å². The summed E-state index contributed by atoms with van der Waals surface area (Å²) in [7, 11) is 0. The minimum atomic E-state index is -1.23. The van der Waals surface area contributed by atoms with Crippen LogP contribution in [0.25, 0.3) is 0 Å². The van der Waals surface area contributed by atoms with Gasteiger partial charge in [-0.2, -0.15) is 10.2 Å². The molecule has 0 saturated heterocycles. The third-order valence-electron chi connectivity index (χ3n) is 1.70. The molecule has 66 valence electrons. The van der Waals surface area contributed by atoms with Crippen molar-refractivity contribution in [2.75, 3.05) is 6.54 Å². The van der Waals surface area contributed by atoms with E-state index in [9.17, 15) is 9.59 Å². The van der Waals surface area contributed by atoms with Gasteiger partial charge in [-0.05, 0) is 6.42 Å². The number of carboxylic acid groups (broad SMARTS) is 2. The lowest BCUT2D eigenvalue weighted by Crippen LogP contribution is -2.35. The van der Waals surface area contributed by atoms with Crippen LogP contribution in [0.2, 0.25) is 0 Å². The highest BCUT2D eigenvalue weighted by Crippen LogP contribution is 2.18. The molecule has 0 spiro atoms. The molecular weight excluding hydrogens is 164 g/mol. The zero-order valence-corrected chi connectivity index (χ0v) is 6.17. The first-order valence-corrected chi connectivity index (χ1v) is 3.45. The predicted molar refractivity (Wildman–Crippen MR) is 36.9 cm³/mol. The van der Waals surface area contributed by atoms with Gasteiger partial charge in [0.2, 0.25) is 0 Å². The molecule has 2 N–H and O–H groups in total. The van der Waals surface area contributed by atoms with Crippen molar-refractivity contribution in [1.82, 2.24) is 0 Å². The summed E-state index contributed by atoms with van der Waals surface area (Å²) in [4.78, 5) is 21.0. The van der Waals surface area contributed by atoms with Crippen molar-refractivity contribution in [3.05, 3.63) is 0 Å². The summed E-state index contributed by atoms with van der Waals surface area (Å²) in [5, 5.41) is 24.0. The molecule has 0 bridgehead atoms. The molecule has 2 unspecified atom stereocenters. The van der Waals surface area contributed by atoms with Gasteiger partial charge in [-0.3, -0.25) is 4.79 Å². The van der Waals surface area contributed by atoms with E-state index in [2.05, 4.69) is 10.2 Å². The van der Waals surface area contributed by atoms with Gasteiger partial charge in [0.1, 0.15) is 0 Å². The molecule has 0 radical (unpaired) electrons. The Morgan fingerprint density at radius 1 is 1.25 bits per heavy atom. The fourth-order valence-corrected chi connectivity index (χ4v) is 1.06. The Morgan fingerprint density at radius 3 is 2.33 bits per heavy atom. The summed E-state index contributed by atoms with van der Waals surface area (Å²) in [5.74, 6) is -3.29. The van der Waals surface area contributed by atoms with E-state index < -0.39 is 23.9 Å². The van der Waals surface area contributed by atoms with E-state index in [0.717, 1.165) is 0 Å². The lowest BCUT2D eigenvalue weighted by molar-refractivity contribution is -0.150. The summed E-state index contributed by atoms with van der Waals surface area (Å²) >= 11 is 0. The lowest BCUT2D eigenvalue weighted by atomic mass is 9.96. The van der Waals surface area contributed by atoms with Gasteiger partial charge < -0.3 is 10.2 Å². The highest BCUT2D eigenvalue weighted by molar-refractivity contribution is 5.82. The standard InChI is InChI=1S/C6H8N2O4/c9-5(10)3-1-2-7-8-4(3)6(11)12/h3-4H,1-2H2,(H,9,10)(H,11,12). The Kier molecular flexibility index (Phi) is 2.37. The highest BCUT2D eigenvalue weighted by atomic mass is 16.4. The van der Waals surface area contributed by atoms with Crippen molar-refractivity contribution in [1.29, 1.82) is 0 Å². The van der Waals surface area contributed by atoms with E-state index in [0.29, 0.717) is 6.54 Å². The normalized spacial score (nSPS) is 28.3. The lowest BCUT2D eigenvalue weighted by Gasteiger charge is -2.17. The van der Waals surface area contributed by atoms with Crippen molar-refractivity contribution in [2.24, 2.45) is 16.1 Å². The predicted octanol–water partition coefficient (Wildman–Crippen LogP) is -0.00370. The fraction of sp³-hybridized carbons (Fsp3) is 0.667. The third-order valence-corrected chi connectivity index (χ3v) is 1.70. The molecule has 0 aliphatic carbocycles. The van der Waals surface area contributed by atoms with Crippen molar-refractivity contribution < 1.29 is 19.8 Å². The second kappa shape index (κ2) is 3.29. The molecule has 6 heteroatoms. The molecule has 12 heavy (non-hydrogen) atoms. The van der Waals surface area contributed by atoms with Gasteiger partial charge in [-0.1, -0.05) is 0 Å². The van der Waals surface area contributed by atoms with Crippen LogP contribution < -0.4 is 0 Å². The number of hydrogen-bond donors (Lipinski definition) is 2. The van der Waals surface area contributed by atoms with Crippen LogP contribution in [-0.4, -0.2) is 34.7 Å². The number of nitrogens with zero attached hydrogens (tertiary/aromatic N) is 2. The minimum Gasteiger partial charge on any atom is -0.481 e. The number of rotatable bonds is 2. The Labute approximate surface area is 67.9 Å². The molecule has 6 nitrogen and oxygen atoms in total. The summed E-state index contributed by atoms with van der Waals surface area (Å²) in [5.41, 5.74) is 0. The molecule has 1 aliphatic rings. The summed E-state index contributed by atoms with van der Waals surface area (Å²) < 4.78 is 0. The summed E-state index contributed by atoms with van der Waals surface area (Å²) in [6, 6.07) is -1.21. The van der Waals surface area contributed by atoms with Gasteiger partial charge in [0, 0.05) is 0 Å². The van der Waals surface area contributed by atoms with Crippen molar-refractivity contribution in [2.45, 2.75) is 12.5 Å². The van der Waals surface area contributed by atoms with Gasteiger partial charge in [0.15, 0.2) is 6.04 Å². The van der Waals surface area contributed by atoms with Crippen molar-refractivity contribution in [3.63, 3.8) is 0 Å². The van der Waals surface area contributed by atoms with Gasteiger partial charge in [0.25, 0.3) is 0 Å². The molecular formula is C6H8N2O4. The maximum absolute atomic E-state index is 10.5. The first kappa shape index (κ1) is 8.63. The quantitative estimate of drug-likeness (QED) is 0.612. The smallest absolute Gasteiger partial charge is 0.331 e. The second-order valence-corrected chi connectivity index (χ2v) is 2.50. The van der Waals surface area contributed by atoms with Gasteiger partial charge >= 0.3 is 11.9 Å². The van der Waals surface area contributed by atoms with Crippen molar-refractivity contribution in [3.8, 4) is 0 Å². The van der Waals surface area contributed by atoms with E-state index >= 15 is 0 Å². The van der Waals surface area contributed by atoms with E-state index in [1.807, 2.05) is 0 Å². The molecule has 0 aromatic carbocycles. The average Bonchev–Trinajstić information content (AvgIpc) is 2.04. The van der Waals surface area contributed by atoms with Crippen LogP contribution in [0.3, 0.4) is 0 Å². The van der Waals surface area contributed by atoms with Gasteiger partial charge in [0.05, 0.1) is 12.5 Å². The van der Waals surface area contributed by atoms with E-state index in [1.165, 1.54) is 0 Å². The molecule has 2 atom stereocenters. The molecule has 0 saturated carbocycles. The monoisotopic (exact) mass is 172 g/mol. The number of aliphatic carboxylic acids is 2. The Hall–Kier alpha value is -1.46. The van der Waals surface area contributed by atoms with Crippen LogP contribution in [0.15, 0.2) is 10.2 Å². The molecule has 0 amide bonds. The Balaban J connectivity index is 2.79. The number of carbonyl (C=O) groups is 2. The van der Waals surface area contributed by atoms with Crippen LogP contribution in [0.4, 0.5) is 0 Å². The average molecular weight is 172 g/mol. The van der Waals surface area contributed by atoms with Crippen LogP contribution in [0.1, 0.15) is 6.42 Å². The SMILES string of the molecule is O=C(O)C1CCN=NC1C(=O)O. The first-order chi connectivity index (χ1) is 5.63. The number of azo groups is 1. The van der Waals surface area contributed by atoms with Crippen LogP contribution >= 0.6 is 0 Å². The maximum atomic E-state index is 10.5. The highest BCUT2D eigenvalue weighted by Gasteiger charge is 2.35. The van der Waals surface area contributed by atoms with Crippen molar-refractivity contribution >= 4 is 11.9 Å². The second-order valence-electron chi connectivity index (χ2n) is 2.50. The summed E-state index contributed by atoms with van der Waals surface area (Å²) in [6.45, 7) is 0.292. The molecule has 0 fully saturated rings. The van der Waals surface area contributed by atoms with Crippen LogP contribution in [0.5, 0.6) is 0 Å².